The molecule has 2 N–H and O–H groups in total. The number of aromatic amines is 1. The minimum atomic E-state index is -0.893. The van der Waals surface area contributed by atoms with Crippen LogP contribution in [-0.4, -0.2) is 50.7 Å². The quantitative estimate of drug-likeness (QED) is 0.377. The topological polar surface area (TPSA) is 86.3 Å². The van der Waals surface area contributed by atoms with Crippen LogP contribution in [0, 0.1) is 5.82 Å². The minimum absolute atomic E-state index is 0.0529. The molecule has 0 amide bonds. The molecule has 1 aliphatic heterocycles. The number of carbonyl (C=O) groups is 2. The van der Waals surface area contributed by atoms with Crippen LogP contribution in [0.25, 0.3) is 0 Å². The van der Waals surface area contributed by atoms with Gasteiger partial charge in [0.1, 0.15) is 0 Å². The third kappa shape index (κ3) is 5.50. The molecular weight excluding hydrogens is 468 g/mol. The number of likely N-dealkylation sites (tertiary alicyclic amines) is 1. The highest BCUT2D eigenvalue weighted by Crippen LogP contribution is 2.28. The summed E-state index contributed by atoms with van der Waals surface area (Å²) in [6.45, 7) is 2.37. The van der Waals surface area contributed by atoms with Crippen molar-refractivity contribution in [3.05, 3.63) is 86.7 Å². The first kappa shape index (κ1) is 23.6. The van der Waals surface area contributed by atoms with E-state index in [-0.39, 0.29) is 45.2 Å². The van der Waals surface area contributed by atoms with Crippen LogP contribution in [0.5, 0.6) is 0 Å². The summed E-state index contributed by atoms with van der Waals surface area (Å²) in [6, 6.07) is 7.76. The zero-order chi connectivity index (χ0) is 23.5. The number of halogens is 3. The third-order valence-corrected chi connectivity index (χ3v) is 6.32. The zero-order valence-corrected chi connectivity index (χ0v) is 19.2. The number of hydrogen-bond donors (Lipinski definition) is 2. The van der Waals surface area contributed by atoms with Gasteiger partial charge in [-0.3, -0.25) is 19.5 Å². The van der Waals surface area contributed by atoms with E-state index in [1.165, 1.54) is 24.4 Å². The highest BCUT2D eigenvalue weighted by Gasteiger charge is 2.22. The zero-order valence-electron chi connectivity index (χ0n) is 17.7. The summed E-state index contributed by atoms with van der Waals surface area (Å²) in [4.78, 5) is 34.9. The first-order chi connectivity index (χ1) is 15.8. The van der Waals surface area contributed by atoms with Crippen molar-refractivity contribution in [1.82, 2.24) is 14.9 Å². The minimum Gasteiger partial charge on any atom is -0.393 e. The number of pyridine rings is 1. The van der Waals surface area contributed by atoms with Gasteiger partial charge >= 0.3 is 0 Å². The SMILES string of the molecule is O=C(Cc1ccc(CN2CCC(O)CC2)nc1)c1cc(C(=O)c2c(Cl)ccc(Cl)c2F)c[nH]1. The lowest BCUT2D eigenvalue weighted by Crippen LogP contribution is -2.35. The highest BCUT2D eigenvalue weighted by molar-refractivity contribution is 6.37. The number of aromatic nitrogens is 2. The molecule has 3 heterocycles. The van der Waals surface area contributed by atoms with Gasteiger partial charge in [0, 0.05) is 44.0 Å². The normalized spacial score (nSPS) is 15.0. The second-order valence-electron chi connectivity index (χ2n) is 8.11. The van der Waals surface area contributed by atoms with Gasteiger partial charge in [-0.25, -0.2) is 4.39 Å². The van der Waals surface area contributed by atoms with E-state index in [9.17, 15) is 19.1 Å². The van der Waals surface area contributed by atoms with E-state index < -0.39 is 11.6 Å². The second kappa shape index (κ2) is 10.1. The van der Waals surface area contributed by atoms with Gasteiger partial charge in [0.15, 0.2) is 17.4 Å². The summed E-state index contributed by atoms with van der Waals surface area (Å²) in [5.74, 6) is -1.78. The van der Waals surface area contributed by atoms with Crippen molar-refractivity contribution in [2.75, 3.05) is 13.1 Å². The molecule has 33 heavy (non-hydrogen) atoms. The van der Waals surface area contributed by atoms with Crippen molar-refractivity contribution >= 4 is 34.8 Å². The lowest BCUT2D eigenvalue weighted by molar-refractivity contribution is 0.0786. The summed E-state index contributed by atoms with van der Waals surface area (Å²) in [5.41, 5.74) is 1.65. The molecule has 0 saturated carbocycles. The third-order valence-electron chi connectivity index (χ3n) is 5.71. The molecule has 172 valence electrons. The van der Waals surface area contributed by atoms with Crippen LogP contribution in [0.3, 0.4) is 0 Å². The number of aliphatic hydroxyl groups is 1. The second-order valence-corrected chi connectivity index (χ2v) is 8.93. The molecule has 0 radical (unpaired) electrons. The van der Waals surface area contributed by atoms with Crippen molar-refractivity contribution in [2.24, 2.45) is 0 Å². The van der Waals surface area contributed by atoms with Crippen molar-refractivity contribution in [3.8, 4) is 0 Å². The number of ketones is 2. The predicted octanol–water partition coefficient (Wildman–Crippen LogP) is 4.47. The molecule has 0 aliphatic carbocycles. The van der Waals surface area contributed by atoms with Gasteiger partial charge in [0.2, 0.25) is 0 Å². The Morgan fingerprint density at radius 2 is 1.88 bits per heavy atom. The van der Waals surface area contributed by atoms with E-state index in [0.717, 1.165) is 37.2 Å². The molecule has 0 unspecified atom stereocenters. The maximum absolute atomic E-state index is 14.3. The van der Waals surface area contributed by atoms with Gasteiger partial charge in [-0.1, -0.05) is 29.3 Å². The first-order valence-corrected chi connectivity index (χ1v) is 11.3. The largest absolute Gasteiger partial charge is 0.393 e. The molecule has 0 atom stereocenters. The molecule has 4 rings (SSSR count). The molecule has 0 spiro atoms. The average molecular weight is 490 g/mol. The number of nitrogens with one attached hydrogen (secondary N) is 1. The van der Waals surface area contributed by atoms with Gasteiger partial charge in [-0.2, -0.15) is 0 Å². The molecule has 0 bridgehead atoms. The Morgan fingerprint density at radius 3 is 2.58 bits per heavy atom. The van der Waals surface area contributed by atoms with Gasteiger partial charge in [0.25, 0.3) is 0 Å². The number of H-pyrrole nitrogens is 1. The van der Waals surface area contributed by atoms with E-state index in [4.69, 9.17) is 23.2 Å². The molecule has 9 heteroatoms. The van der Waals surface area contributed by atoms with Crippen molar-refractivity contribution in [2.45, 2.75) is 31.9 Å². The smallest absolute Gasteiger partial charge is 0.199 e. The maximum atomic E-state index is 14.3. The van der Waals surface area contributed by atoms with Gasteiger partial charge in [0.05, 0.1) is 33.1 Å². The van der Waals surface area contributed by atoms with Crippen LogP contribution >= 0.6 is 23.2 Å². The number of carbonyl (C=O) groups excluding carboxylic acids is 2. The fourth-order valence-corrected chi connectivity index (χ4v) is 4.20. The van der Waals surface area contributed by atoms with Crippen LogP contribution in [0.1, 0.15) is 50.5 Å². The molecule has 1 saturated heterocycles. The molecular formula is C24H22Cl2FN3O3. The van der Waals surface area contributed by atoms with Gasteiger partial charge < -0.3 is 10.1 Å². The molecule has 3 aromatic rings. The molecule has 1 aliphatic rings. The van der Waals surface area contributed by atoms with E-state index in [2.05, 4.69) is 14.9 Å². The number of benzene rings is 1. The summed E-state index contributed by atoms with van der Waals surface area (Å²) in [7, 11) is 0. The number of nitrogens with zero attached hydrogens (tertiary/aromatic N) is 2. The van der Waals surface area contributed by atoms with Gasteiger partial charge in [-0.05, 0) is 42.7 Å². The Kier molecular flexibility index (Phi) is 7.24. The van der Waals surface area contributed by atoms with Crippen LogP contribution in [0.4, 0.5) is 4.39 Å². The first-order valence-electron chi connectivity index (χ1n) is 10.6. The Hall–Kier alpha value is -2.58. The number of Topliss-reactive ketones (excluding diaryl/α,β-unsaturated/α-hetero) is 1. The Bertz CT molecular complexity index is 1170. The standard InChI is InChI=1S/C24H22Cl2FN3O3/c25-18-3-4-19(26)23(27)22(18)24(33)15-10-20(29-12-15)21(32)9-14-1-2-16(28-11-14)13-30-7-5-17(31)6-8-30/h1-4,10-12,17,29,31H,5-9,13H2. The fraction of sp³-hybridized carbons (Fsp3) is 0.292. The van der Waals surface area contributed by atoms with E-state index in [1.807, 2.05) is 12.1 Å². The highest BCUT2D eigenvalue weighted by atomic mass is 35.5. The van der Waals surface area contributed by atoms with Crippen molar-refractivity contribution in [1.29, 1.82) is 0 Å². The van der Waals surface area contributed by atoms with E-state index in [0.29, 0.717) is 6.54 Å². The molecule has 1 fully saturated rings. The Labute approximate surface area is 200 Å². The number of rotatable bonds is 7. The Balaban J connectivity index is 1.40. The summed E-state index contributed by atoms with van der Waals surface area (Å²) >= 11 is 11.8. The van der Waals surface area contributed by atoms with Gasteiger partial charge in [-0.15, -0.1) is 0 Å². The van der Waals surface area contributed by atoms with Crippen molar-refractivity contribution < 1.29 is 19.1 Å². The number of piperidine rings is 1. The summed E-state index contributed by atoms with van der Waals surface area (Å²) in [5, 5.41) is 9.35. The van der Waals surface area contributed by atoms with Crippen LogP contribution in [0.15, 0.2) is 42.7 Å². The summed E-state index contributed by atoms with van der Waals surface area (Å²) in [6.07, 6.45) is 4.44. The van der Waals surface area contributed by atoms with E-state index >= 15 is 0 Å². The maximum Gasteiger partial charge on any atom is 0.199 e. The van der Waals surface area contributed by atoms with Crippen LogP contribution < -0.4 is 0 Å². The van der Waals surface area contributed by atoms with Crippen LogP contribution in [-0.2, 0) is 13.0 Å². The number of hydrogen-bond acceptors (Lipinski definition) is 5. The number of aliphatic hydroxyl groups excluding tert-OH is 1. The predicted molar refractivity (Wildman–Crippen MR) is 123 cm³/mol. The molecule has 1 aromatic carbocycles. The summed E-state index contributed by atoms with van der Waals surface area (Å²) < 4.78 is 14.3. The molecule has 6 nitrogen and oxygen atoms in total. The van der Waals surface area contributed by atoms with Crippen LogP contribution in [0.2, 0.25) is 10.0 Å². The fourth-order valence-electron chi connectivity index (χ4n) is 3.81. The molecule has 2 aromatic heterocycles. The lowest BCUT2D eigenvalue weighted by atomic mass is 10.0. The Morgan fingerprint density at radius 1 is 1.15 bits per heavy atom. The van der Waals surface area contributed by atoms with Crippen molar-refractivity contribution in [3.63, 3.8) is 0 Å². The monoisotopic (exact) mass is 489 g/mol. The average Bonchev–Trinajstić information content (AvgIpc) is 3.30. The lowest BCUT2D eigenvalue weighted by Gasteiger charge is -2.29. The van der Waals surface area contributed by atoms with E-state index in [1.54, 1.807) is 6.20 Å².